The molecule has 6 nitrogen and oxygen atoms in total. The molecule has 2 aromatic heterocycles. The zero-order chi connectivity index (χ0) is 17.6. The van der Waals surface area contributed by atoms with E-state index >= 15 is 0 Å². The van der Waals surface area contributed by atoms with E-state index in [9.17, 15) is 5.21 Å². The van der Waals surface area contributed by atoms with Gasteiger partial charge in [0.25, 0.3) is 0 Å². The quantitative estimate of drug-likeness (QED) is 0.439. The summed E-state index contributed by atoms with van der Waals surface area (Å²) < 4.78 is 10.6. The average molecular weight is 335 g/mol. The normalized spacial score (nSPS) is 11.2. The third-order valence-corrected chi connectivity index (χ3v) is 3.68. The Labute approximate surface area is 145 Å². The maximum absolute atomic E-state index is 9.59. The molecule has 0 saturated heterocycles. The van der Waals surface area contributed by atoms with Crippen molar-refractivity contribution in [2.45, 2.75) is 0 Å². The number of pyridine rings is 2. The van der Waals surface area contributed by atoms with E-state index in [2.05, 4.69) is 15.1 Å². The molecule has 0 radical (unpaired) electrons. The molecule has 6 heteroatoms. The van der Waals surface area contributed by atoms with Crippen LogP contribution in [-0.4, -0.2) is 35.1 Å². The molecule has 2 heterocycles. The summed E-state index contributed by atoms with van der Waals surface area (Å²) in [6.45, 7) is 0. The van der Waals surface area contributed by atoms with Crippen molar-refractivity contribution in [3.63, 3.8) is 0 Å². The van der Waals surface area contributed by atoms with Crippen LogP contribution in [0.3, 0.4) is 0 Å². The molecular weight excluding hydrogens is 318 g/mol. The molecular formula is C19H17N3O3. The fourth-order valence-corrected chi connectivity index (χ4v) is 2.46. The van der Waals surface area contributed by atoms with Crippen LogP contribution in [0, 0.1) is 0 Å². The van der Waals surface area contributed by atoms with Gasteiger partial charge in [-0.25, -0.2) is 4.98 Å². The second kappa shape index (κ2) is 7.44. The number of methoxy groups -OCH3 is 2. The van der Waals surface area contributed by atoms with E-state index in [0.717, 1.165) is 5.69 Å². The van der Waals surface area contributed by atoms with Crippen LogP contribution < -0.4 is 9.47 Å². The van der Waals surface area contributed by atoms with Gasteiger partial charge in [0, 0.05) is 17.8 Å². The summed E-state index contributed by atoms with van der Waals surface area (Å²) in [6, 6.07) is 16.3. The van der Waals surface area contributed by atoms with E-state index in [1.807, 2.05) is 30.3 Å². The van der Waals surface area contributed by atoms with Gasteiger partial charge in [0.1, 0.15) is 17.2 Å². The fourth-order valence-electron chi connectivity index (χ4n) is 2.46. The molecule has 0 amide bonds. The Bertz CT molecular complexity index is 895. The van der Waals surface area contributed by atoms with Crippen molar-refractivity contribution in [2.75, 3.05) is 14.2 Å². The molecule has 0 aliphatic rings. The highest BCUT2D eigenvalue weighted by Crippen LogP contribution is 2.27. The highest BCUT2D eigenvalue weighted by molar-refractivity contribution is 6.13. The van der Waals surface area contributed by atoms with Crippen molar-refractivity contribution < 1.29 is 14.7 Å². The Morgan fingerprint density at radius 3 is 2.48 bits per heavy atom. The summed E-state index contributed by atoms with van der Waals surface area (Å²) in [4.78, 5) is 8.87. The summed E-state index contributed by atoms with van der Waals surface area (Å²) in [6.07, 6.45) is 1.71. The minimum Gasteiger partial charge on any atom is -0.497 e. The zero-order valence-corrected chi connectivity index (χ0v) is 13.9. The SMILES string of the molecule is COc1ccc(C(=NO)c2cccc(-c3ccccn3)n2)c(OC)c1. The number of aromatic nitrogens is 2. The van der Waals surface area contributed by atoms with Crippen LogP contribution in [0.15, 0.2) is 65.9 Å². The smallest absolute Gasteiger partial charge is 0.139 e. The molecule has 25 heavy (non-hydrogen) atoms. The fraction of sp³-hybridized carbons (Fsp3) is 0.105. The first-order valence-electron chi connectivity index (χ1n) is 7.60. The van der Waals surface area contributed by atoms with Crippen LogP contribution in [0.4, 0.5) is 0 Å². The van der Waals surface area contributed by atoms with Crippen LogP contribution in [-0.2, 0) is 0 Å². The Hall–Kier alpha value is -3.41. The number of hydrogen-bond acceptors (Lipinski definition) is 6. The number of rotatable bonds is 5. The molecule has 0 aliphatic heterocycles. The van der Waals surface area contributed by atoms with E-state index in [1.54, 1.807) is 44.7 Å². The third kappa shape index (κ3) is 3.42. The van der Waals surface area contributed by atoms with Crippen molar-refractivity contribution in [3.8, 4) is 22.9 Å². The molecule has 0 unspecified atom stereocenters. The minimum absolute atomic E-state index is 0.303. The number of nitrogens with zero attached hydrogens (tertiary/aromatic N) is 3. The Balaban J connectivity index is 2.06. The van der Waals surface area contributed by atoms with Gasteiger partial charge in [-0.15, -0.1) is 0 Å². The summed E-state index contributed by atoms with van der Waals surface area (Å²) in [7, 11) is 3.12. The largest absolute Gasteiger partial charge is 0.497 e. The van der Waals surface area contributed by atoms with Crippen LogP contribution in [0.5, 0.6) is 11.5 Å². The number of oxime groups is 1. The summed E-state index contributed by atoms with van der Waals surface area (Å²) in [5, 5.41) is 13.0. The molecule has 3 rings (SSSR count). The lowest BCUT2D eigenvalue weighted by atomic mass is 10.0. The van der Waals surface area contributed by atoms with Crippen molar-refractivity contribution in [2.24, 2.45) is 5.16 Å². The van der Waals surface area contributed by atoms with E-state index in [0.29, 0.717) is 34.2 Å². The van der Waals surface area contributed by atoms with Gasteiger partial charge in [0.05, 0.1) is 31.3 Å². The van der Waals surface area contributed by atoms with Crippen LogP contribution in [0.2, 0.25) is 0 Å². The molecule has 0 aliphatic carbocycles. The van der Waals surface area contributed by atoms with E-state index < -0.39 is 0 Å². The molecule has 1 N–H and O–H groups in total. The summed E-state index contributed by atoms with van der Waals surface area (Å²) >= 11 is 0. The maximum atomic E-state index is 9.59. The van der Waals surface area contributed by atoms with E-state index in [1.165, 1.54) is 0 Å². The number of hydrogen-bond donors (Lipinski definition) is 1. The second-order valence-corrected chi connectivity index (χ2v) is 5.14. The first-order valence-corrected chi connectivity index (χ1v) is 7.60. The molecule has 0 atom stereocenters. The summed E-state index contributed by atoms with van der Waals surface area (Å²) in [5.74, 6) is 1.17. The molecule has 1 aromatic carbocycles. The van der Waals surface area contributed by atoms with Crippen LogP contribution >= 0.6 is 0 Å². The monoisotopic (exact) mass is 335 g/mol. The van der Waals surface area contributed by atoms with Gasteiger partial charge in [-0.2, -0.15) is 0 Å². The Morgan fingerprint density at radius 1 is 0.960 bits per heavy atom. The van der Waals surface area contributed by atoms with Crippen LogP contribution in [0.1, 0.15) is 11.3 Å². The van der Waals surface area contributed by atoms with Gasteiger partial charge in [0.2, 0.25) is 0 Å². The highest BCUT2D eigenvalue weighted by Gasteiger charge is 2.16. The standard InChI is InChI=1S/C19H17N3O3/c1-24-13-9-10-14(18(12-13)25-2)19(22-23)17-8-5-7-16(21-17)15-6-3-4-11-20-15/h3-12,23H,1-2H3. The second-order valence-electron chi connectivity index (χ2n) is 5.14. The molecule has 126 valence electrons. The predicted octanol–water partition coefficient (Wildman–Crippen LogP) is 3.39. The molecule has 0 fully saturated rings. The van der Waals surface area contributed by atoms with Crippen molar-refractivity contribution in [1.82, 2.24) is 9.97 Å². The van der Waals surface area contributed by atoms with Gasteiger partial charge < -0.3 is 14.7 Å². The van der Waals surface area contributed by atoms with Gasteiger partial charge in [-0.05, 0) is 36.4 Å². The van der Waals surface area contributed by atoms with E-state index in [4.69, 9.17) is 9.47 Å². The number of ether oxygens (including phenoxy) is 2. The predicted molar refractivity (Wildman–Crippen MR) is 94.4 cm³/mol. The first kappa shape index (κ1) is 16.4. The van der Waals surface area contributed by atoms with Gasteiger partial charge in [-0.1, -0.05) is 17.3 Å². The lowest BCUT2D eigenvalue weighted by Crippen LogP contribution is -2.08. The average Bonchev–Trinajstić information content (AvgIpc) is 2.69. The molecule has 0 bridgehead atoms. The van der Waals surface area contributed by atoms with Gasteiger partial charge in [0.15, 0.2) is 0 Å². The molecule has 0 spiro atoms. The maximum Gasteiger partial charge on any atom is 0.139 e. The van der Waals surface area contributed by atoms with Gasteiger partial charge in [-0.3, -0.25) is 4.98 Å². The zero-order valence-electron chi connectivity index (χ0n) is 13.9. The van der Waals surface area contributed by atoms with Gasteiger partial charge >= 0.3 is 0 Å². The van der Waals surface area contributed by atoms with E-state index in [-0.39, 0.29) is 0 Å². The number of benzene rings is 1. The van der Waals surface area contributed by atoms with Crippen molar-refractivity contribution >= 4 is 5.71 Å². The Morgan fingerprint density at radius 2 is 1.80 bits per heavy atom. The van der Waals surface area contributed by atoms with Crippen LogP contribution in [0.25, 0.3) is 11.4 Å². The third-order valence-electron chi connectivity index (χ3n) is 3.68. The summed E-state index contributed by atoms with van der Waals surface area (Å²) in [5.41, 5.74) is 2.85. The van der Waals surface area contributed by atoms with Crippen molar-refractivity contribution in [1.29, 1.82) is 0 Å². The Kier molecular flexibility index (Phi) is 4.89. The molecule has 3 aromatic rings. The molecule has 0 saturated carbocycles. The lowest BCUT2D eigenvalue weighted by molar-refractivity contribution is 0.319. The lowest BCUT2D eigenvalue weighted by Gasteiger charge is -2.12. The highest BCUT2D eigenvalue weighted by atomic mass is 16.5. The topological polar surface area (TPSA) is 76.8 Å². The van der Waals surface area contributed by atoms with Crippen molar-refractivity contribution in [3.05, 3.63) is 72.1 Å². The first-order chi connectivity index (χ1) is 12.3. The minimum atomic E-state index is 0.303.